The van der Waals surface area contributed by atoms with Crippen LogP contribution in [0.3, 0.4) is 0 Å². The number of rotatable bonds is 35. The zero-order valence-electron chi connectivity index (χ0n) is 67.9. The second-order valence-electron chi connectivity index (χ2n) is 31.7. The monoisotopic (exact) mass is 1840 g/mol. The number of hydrogen-bond acceptors (Lipinski definition) is 49. The SMILES string of the molecule is CC(=O)N[C@@H]1[C@@H](O[C@@H]2O[C@H](CO)[C@H](O)[C@H](O[C@]3(C(=O)O)C[C@H](O)[C@@H](NC(C)=O)[C@H]([C@H](O)[C@H](O)CO)O3)[C@H]2O)[C@@H](O)[C@@H](CO[C@@H]2O[C@H](CO)[C@@H](O[C@@H]3O[C@H](CO)[C@H](O)[C@H](O[C@@H]4O[C@H](CO)[C@@H](O[C@@H]5O[C@@H](C)[C@@H](O)[C@@H](O)[C@@H]5O)[C@H](O[C@@H]5O[C@H](CO)[C@H](O)[C@H](O[C@]6(C(=O)O)C[C@H](O)[C@@H](NC(C)=O)[C@H]([C@H](O)[C@H](O)CO)O6)[C@H]5O)[C@H]4NC(C)=O)[C@H]3O)[C@H](O)[C@H]2NC(C)=O)O[C@@H]1O. The molecule has 0 aromatic rings. The molecule has 0 aromatic heterocycles. The standard InChI is InChI=1S/C70H115N5O51/c1-17-38(92)46(100)47(101)63(111-17)119-52-31(15-82)117-62(37(75-22(6)87)56(52)121-66-50(104)59(43(97)29(13-80)115-66)126-70(68(108)109)8-24(89)34(72-19(3)84)55(124-70)40(94)26(91)10-77)122-57-41(95)27(11-78)113-64(48(57)102)118-51-30(14-81)116-61(35(45(51)99)73-20(4)85)110-16-32-44(98)53(36(60(105)112-32)74-21(5)86)120-65-49(103)58(42(96)28(12-79)114-65)125-69(67(106)107)7-23(88)33(71-18(2)83)54(123-69)39(93)25(90)9-76/h17,23-66,76-82,88-105H,7-16H2,1-6H3,(H,71,83)(H,72,84)(H,73,85)(H,74,86)(H,75,87)(H,106,107)(H,108,109)/t17-,23-,24-,25+,26+,27+,28+,29+,30+,31+,32+,33+,34+,35+,36+,37+,38+,39+,40+,41-,42-,43-,44-,45+,46+,47-,48+,49+,50+,51+,52+,53+,54+,55+,56+,57-,58-,59-,60-,61+,62-,63-,64-,65-,66-,69-,70-/m0/s1. The number of aliphatic hydroxyl groups excluding tert-OH is 25. The van der Waals surface area contributed by atoms with Crippen molar-refractivity contribution >= 4 is 41.5 Å². The van der Waals surface area contributed by atoms with Crippen molar-refractivity contribution in [1.82, 2.24) is 26.6 Å². The summed E-state index contributed by atoms with van der Waals surface area (Å²) in [5, 5.41) is 313. The molecule has 5 amide bonds. The first-order chi connectivity index (χ1) is 59.2. The molecule has 9 saturated heterocycles. The molecule has 0 bridgehead atoms. The van der Waals surface area contributed by atoms with Gasteiger partial charge in [-0.25, -0.2) is 9.59 Å². The molecule has 9 aliphatic rings. The normalized spacial score (nSPS) is 45.7. The summed E-state index contributed by atoms with van der Waals surface area (Å²) in [6.45, 7) is -3.93. The first-order valence-electron chi connectivity index (χ1n) is 39.7. The molecule has 9 aliphatic heterocycles. The Morgan fingerprint density at radius 3 is 1.10 bits per heavy atom. The number of carbonyl (C=O) groups excluding carboxylic acids is 5. The van der Waals surface area contributed by atoms with Crippen LogP contribution in [0.4, 0.5) is 0 Å². The minimum absolute atomic E-state index is 0.862. The fourth-order valence-electron chi connectivity index (χ4n) is 16.2. The maximum atomic E-state index is 13.6. The Morgan fingerprint density at radius 2 is 0.683 bits per heavy atom. The quantitative estimate of drug-likeness (QED) is 0.0280. The summed E-state index contributed by atoms with van der Waals surface area (Å²) in [5.41, 5.74) is 0. The Balaban J connectivity index is 0.976. The van der Waals surface area contributed by atoms with Gasteiger partial charge in [-0.3, -0.25) is 24.0 Å². The van der Waals surface area contributed by atoms with Crippen molar-refractivity contribution in [2.24, 2.45) is 0 Å². The number of amides is 5. The number of aliphatic hydroxyl groups is 25. The lowest BCUT2D eigenvalue weighted by Gasteiger charge is -2.52. The van der Waals surface area contributed by atoms with E-state index < -0.39 is 394 Å². The zero-order valence-corrected chi connectivity index (χ0v) is 67.9. The van der Waals surface area contributed by atoms with Crippen molar-refractivity contribution in [3.8, 4) is 0 Å². The number of aliphatic carboxylic acids is 2. The maximum Gasteiger partial charge on any atom is 0.364 e. The third-order valence-electron chi connectivity index (χ3n) is 22.7. The molecule has 9 heterocycles. The summed E-state index contributed by atoms with van der Waals surface area (Å²) < 4.78 is 101. The van der Waals surface area contributed by atoms with E-state index >= 15 is 0 Å². The van der Waals surface area contributed by atoms with Crippen LogP contribution in [0, 0.1) is 0 Å². The van der Waals surface area contributed by atoms with Gasteiger partial charge in [-0.2, -0.15) is 0 Å². The molecule has 56 heteroatoms. The first-order valence-corrected chi connectivity index (χ1v) is 39.7. The summed E-state index contributed by atoms with van der Waals surface area (Å²) >= 11 is 0. The van der Waals surface area contributed by atoms with Crippen LogP contribution in [-0.4, -0.2) is 519 Å². The van der Waals surface area contributed by atoms with Crippen LogP contribution in [0.15, 0.2) is 0 Å². The number of carboxylic acid groups (broad SMARTS) is 2. The van der Waals surface area contributed by atoms with Gasteiger partial charge in [0.25, 0.3) is 11.6 Å². The minimum atomic E-state index is -3.37. The van der Waals surface area contributed by atoms with Crippen LogP contribution in [0.25, 0.3) is 0 Å². The molecule has 0 saturated carbocycles. The molecule has 9 rings (SSSR count). The summed E-state index contributed by atoms with van der Waals surface area (Å²) in [6, 6.07) is -9.54. The summed E-state index contributed by atoms with van der Waals surface area (Å²) in [4.78, 5) is 90.6. The third-order valence-corrected chi connectivity index (χ3v) is 22.7. The lowest BCUT2D eigenvalue weighted by molar-refractivity contribution is -0.398. The van der Waals surface area contributed by atoms with Crippen LogP contribution in [0.5, 0.6) is 0 Å². The van der Waals surface area contributed by atoms with Gasteiger partial charge < -0.3 is 245 Å². The lowest BCUT2D eigenvalue weighted by Crippen LogP contribution is -2.72. The molecular formula is C70H115N5O51. The van der Waals surface area contributed by atoms with Crippen molar-refractivity contribution in [3.05, 3.63) is 0 Å². The van der Waals surface area contributed by atoms with E-state index in [2.05, 4.69) is 26.6 Å². The summed E-state index contributed by atoms with van der Waals surface area (Å²) in [5.74, 6) is -15.8. The predicted octanol–water partition coefficient (Wildman–Crippen LogP) is -20.5. The van der Waals surface area contributed by atoms with Gasteiger partial charge in [0.05, 0.1) is 83.3 Å². The van der Waals surface area contributed by atoms with E-state index in [1.807, 2.05) is 0 Å². The molecule has 56 nitrogen and oxygen atoms in total. The van der Waals surface area contributed by atoms with E-state index in [9.17, 15) is 171 Å². The van der Waals surface area contributed by atoms with Crippen molar-refractivity contribution in [2.75, 3.05) is 52.9 Å². The highest BCUT2D eigenvalue weighted by Gasteiger charge is 2.65. The Hall–Kier alpha value is -5.39. The molecule has 726 valence electrons. The molecular weight excluding hydrogens is 1730 g/mol. The van der Waals surface area contributed by atoms with E-state index in [-0.39, 0.29) is 0 Å². The highest BCUT2D eigenvalue weighted by Crippen LogP contribution is 2.44. The molecule has 0 unspecified atom stereocenters. The second kappa shape index (κ2) is 44.4. The van der Waals surface area contributed by atoms with Crippen LogP contribution in [0.2, 0.25) is 0 Å². The van der Waals surface area contributed by atoms with Crippen molar-refractivity contribution in [3.63, 3.8) is 0 Å². The van der Waals surface area contributed by atoms with Gasteiger partial charge in [0, 0.05) is 47.5 Å². The van der Waals surface area contributed by atoms with Crippen molar-refractivity contribution in [1.29, 1.82) is 0 Å². The van der Waals surface area contributed by atoms with E-state index in [1.165, 1.54) is 6.92 Å². The fraction of sp³-hybridized carbons (Fsp3) is 0.900. The zero-order chi connectivity index (χ0) is 93.6. The molecule has 0 aromatic carbocycles. The topological polar surface area (TPSA) is 883 Å². The molecule has 0 aliphatic carbocycles. The van der Waals surface area contributed by atoms with Crippen LogP contribution < -0.4 is 26.6 Å². The smallest absolute Gasteiger partial charge is 0.364 e. The van der Waals surface area contributed by atoms with Gasteiger partial charge in [-0.1, -0.05) is 0 Å². The van der Waals surface area contributed by atoms with E-state index in [0.29, 0.717) is 0 Å². The Morgan fingerprint density at radius 1 is 0.341 bits per heavy atom. The Labute approximate surface area is 712 Å². The van der Waals surface area contributed by atoms with E-state index in [1.54, 1.807) is 0 Å². The number of ether oxygens (including phenoxy) is 17. The van der Waals surface area contributed by atoms with Crippen LogP contribution >= 0.6 is 0 Å². The van der Waals surface area contributed by atoms with Gasteiger partial charge in [0.15, 0.2) is 44.0 Å². The molecule has 32 N–H and O–H groups in total. The highest BCUT2D eigenvalue weighted by molar-refractivity contribution is 5.78. The predicted molar refractivity (Wildman–Crippen MR) is 388 cm³/mol. The highest BCUT2D eigenvalue weighted by atomic mass is 16.8. The second-order valence-corrected chi connectivity index (χ2v) is 31.7. The van der Waals surface area contributed by atoms with Gasteiger partial charge in [0.1, 0.15) is 201 Å². The van der Waals surface area contributed by atoms with Crippen molar-refractivity contribution < 1.29 is 252 Å². The van der Waals surface area contributed by atoms with Crippen LogP contribution in [0.1, 0.15) is 54.4 Å². The molecule has 126 heavy (non-hydrogen) atoms. The van der Waals surface area contributed by atoms with Gasteiger partial charge >= 0.3 is 11.9 Å². The van der Waals surface area contributed by atoms with Gasteiger partial charge in [-0.05, 0) is 6.92 Å². The third kappa shape index (κ3) is 22.9. The fourth-order valence-corrected chi connectivity index (χ4v) is 16.2. The first kappa shape index (κ1) is 104. The van der Waals surface area contributed by atoms with Gasteiger partial charge in [-0.15, -0.1) is 0 Å². The maximum absolute atomic E-state index is 13.6. The molecule has 9 fully saturated rings. The lowest BCUT2D eigenvalue weighted by atomic mass is 9.88. The number of carbonyl (C=O) groups is 7. The number of carboxylic acids is 2. The Bertz CT molecular complexity index is 3560. The minimum Gasteiger partial charge on any atom is -0.477 e. The average Bonchev–Trinajstić information content (AvgIpc) is 0.754. The van der Waals surface area contributed by atoms with E-state index in [0.717, 1.165) is 34.6 Å². The van der Waals surface area contributed by atoms with Crippen LogP contribution in [-0.2, 0) is 114 Å². The average molecular weight is 1840 g/mol. The van der Waals surface area contributed by atoms with E-state index in [4.69, 9.17) is 80.5 Å². The summed E-state index contributed by atoms with van der Waals surface area (Å²) in [6.07, 6.45) is -90.7. The largest absolute Gasteiger partial charge is 0.477 e. The van der Waals surface area contributed by atoms with Crippen molar-refractivity contribution in [2.45, 2.75) is 342 Å². The molecule has 0 spiro atoms. The number of nitrogens with one attached hydrogen (secondary N) is 5. The Kier molecular flexibility index (Phi) is 36.8. The molecule has 47 atom stereocenters. The molecule has 0 radical (unpaired) electrons. The number of hydrogen-bond donors (Lipinski definition) is 32. The summed E-state index contributed by atoms with van der Waals surface area (Å²) in [7, 11) is 0. The van der Waals surface area contributed by atoms with Gasteiger partial charge in [0.2, 0.25) is 29.5 Å².